The lowest BCUT2D eigenvalue weighted by molar-refractivity contribution is -0.255. The quantitative estimate of drug-likeness (QED) is 0.851. The highest BCUT2D eigenvalue weighted by Gasteiger charge is 2.38. The third-order valence-electron chi connectivity index (χ3n) is 2.57. The molecule has 0 fully saturated rings. The average molecular weight is 285 g/mol. The smallest absolute Gasteiger partial charge is 0.434 e. The molecule has 8 heteroatoms. The predicted octanol–water partition coefficient (Wildman–Crippen LogP) is 1.26. The Morgan fingerprint density at radius 3 is 2.35 bits per heavy atom. The minimum Gasteiger partial charge on any atom is -0.545 e. The summed E-state index contributed by atoms with van der Waals surface area (Å²) in [7, 11) is 1.41. The fraction of sp³-hybridized carbons (Fsp3) is 0.167. The summed E-state index contributed by atoms with van der Waals surface area (Å²) in [6.45, 7) is 0. The molecule has 1 aromatic heterocycles. The molecule has 0 saturated heterocycles. The van der Waals surface area contributed by atoms with Crippen molar-refractivity contribution < 1.29 is 27.8 Å². The second kappa shape index (κ2) is 4.87. The van der Waals surface area contributed by atoms with E-state index in [1.165, 1.54) is 31.4 Å². The largest absolute Gasteiger partial charge is 0.545 e. The van der Waals surface area contributed by atoms with Gasteiger partial charge >= 0.3 is 6.18 Å². The number of ether oxygens (including phenoxy) is 1. The zero-order chi connectivity index (χ0) is 14.9. The fourth-order valence-electron chi connectivity index (χ4n) is 1.69. The number of methoxy groups -OCH3 is 1. The van der Waals surface area contributed by atoms with Gasteiger partial charge in [-0.2, -0.15) is 18.3 Å². The van der Waals surface area contributed by atoms with Crippen molar-refractivity contribution in [1.82, 2.24) is 9.78 Å². The summed E-state index contributed by atoms with van der Waals surface area (Å²) >= 11 is 0. The summed E-state index contributed by atoms with van der Waals surface area (Å²) in [6.07, 6.45) is -4.26. The maximum Gasteiger partial charge on any atom is 0.434 e. The van der Waals surface area contributed by atoms with Gasteiger partial charge in [-0.05, 0) is 24.3 Å². The van der Waals surface area contributed by atoms with Crippen molar-refractivity contribution in [2.24, 2.45) is 0 Å². The topological polar surface area (TPSA) is 67.2 Å². The van der Waals surface area contributed by atoms with Gasteiger partial charge in [-0.25, -0.2) is 4.68 Å². The third-order valence-corrected chi connectivity index (χ3v) is 2.57. The fourth-order valence-corrected chi connectivity index (χ4v) is 1.69. The van der Waals surface area contributed by atoms with Gasteiger partial charge in [0.15, 0.2) is 5.69 Å². The molecule has 0 aliphatic carbocycles. The third kappa shape index (κ3) is 2.44. The van der Waals surface area contributed by atoms with Crippen molar-refractivity contribution in [2.45, 2.75) is 6.18 Å². The SMILES string of the molecule is COc1ccc(-n2ncc(C(=O)[O-])c2C(F)(F)F)cc1. The number of rotatable bonds is 3. The van der Waals surface area contributed by atoms with Gasteiger partial charge in [0.05, 0.1) is 25.0 Å². The number of halogens is 3. The molecule has 0 bridgehead atoms. The molecule has 0 aliphatic rings. The van der Waals surface area contributed by atoms with Crippen LogP contribution in [0.25, 0.3) is 5.69 Å². The van der Waals surface area contributed by atoms with Crippen LogP contribution < -0.4 is 9.84 Å². The van der Waals surface area contributed by atoms with Crippen molar-refractivity contribution in [3.8, 4) is 11.4 Å². The zero-order valence-electron chi connectivity index (χ0n) is 10.1. The molecule has 5 nitrogen and oxygen atoms in total. The van der Waals surface area contributed by atoms with Crippen LogP contribution in [0, 0.1) is 0 Å². The molecule has 2 rings (SSSR count). The van der Waals surface area contributed by atoms with E-state index >= 15 is 0 Å². The maximum atomic E-state index is 13.0. The molecule has 106 valence electrons. The van der Waals surface area contributed by atoms with E-state index in [4.69, 9.17) is 4.74 Å². The van der Waals surface area contributed by atoms with Crippen molar-refractivity contribution in [2.75, 3.05) is 7.11 Å². The second-order valence-corrected chi connectivity index (χ2v) is 3.80. The van der Waals surface area contributed by atoms with Crippen LogP contribution in [0.2, 0.25) is 0 Å². The van der Waals surface area contributed by atoms with Gasteiger partial charge < -0.3 is 14.6 Å². The summed E-state index contributed by atoms with van der Waals surface area (Å²) in [5.41, 5.74) is -2.33. The molecule has 2 aromatic rings. The molecular weight excluding hydrogens is 277 g/mol. The number of aromatic carboxylic acids is 1. The van der Waals surface area contributed by atoms with Crippen LogP contribution in [-0.4, -0.2) is 22.9 Å². The first-order valence-corrected chi connectivity index (χ1v) is 5.35. The van der Waals surface area contributed by atoms with Gasteiger partial charge in [-0.1, -0.05) is 0 Å². The summed E-state index contributed by atoms with van der Waals surface area (Å²) in [6, 6.07) is 5.55. The minimum atomic E-state index is -4.87. The van der Waals surface area contributed by atoms with Gasteiger partial charge in [0.1, 0.15) is 5.75 Å². The molecule has 0 radical (unpaired) electrons. The molecule has 1 heterocycles. The zero-order valence-corrected chi connectivity index (χ0v) is 10.1. The lowest BCUT2D eigenvalue weighted by Crippen LogP contribution is -2.26. The number of carboxylic acids is 1. The molecule has 20 heavy (non-hydrogen) atoms. The average Bonchev–Trinajstić information content (AvgIpc) is 2.83. The highest BCUT2D eigenvalue weighted by molar-refractivity contribution is 5.87. The number of hydrogen-bond acceptors (Lipinski definition) is 4. The van der Waals surface area contributed by atoms with E-state index in [2.05, 4.69) is 5.10 Å². The molecule has 0 atom stereocenters. The van der Waals surface area contributed by atoms with Crippen LogP contribution in [0.3, 0.4) is 0 Å². The maximum absolute atomic E-state index is 13.0. The normalized spacial score (nSPS) is 11.4. The van der Waals surface area contributed by atoms with Gasteiger partial charge in [0.25, 0.3) is 0 Å². The molecule has 0 N–H and O–H groups in total. The van der Waals surface area contributed by atoms with Crippen LogP contribution in [0.5, 0.6) is 5.75 Å². The van der Waals surface area contributed by atoms with E-state index in [-0.39, 0.29) is 5.69 Å². The Balaban J connectivity index is 2.59. The Hall–Kier alpha value is -2.51. The van der Waals surface area contributed by atoms with Crippen LogP contribution in [0.4, 0.5) is 13.2 Å². The lowest BCUT2D eigenvalue weighted by atomic mass is 10.2. The van der Waals surface area contributed by atoms with Crippen LogP contribution in [-0.2, 0) is 6.18 Å². The van der Waals surface area contributed by atoms with E-state index in [0.717, 1.165) is 0 Å². The van der Waals surface area contributed by atoms with Crippen LogP contribution in [0.15, 0.2) is 30.5 Å². The van der Waals surface area contributed by atoms with Crippen molar-refractivity contribution in [3.63, 3.8) is 0 Å². The summed E-state index contributed by atoms with van der Waals surface area (Å²) < 4.78 is 44.3. The van der Waals surface area contributed by atoms with Gasteiger partial charge in [0, 0.05) is 5.56 Å². The minimum absolute atomic E-state index is 0.0608. The Morgan fingerprint density at radius 2 is 1.90 bits per heavy atom. The van der Waals surface area contributed by atoms with Crippen LogP contribution in [0.1, 0.15) is 16.1 Å². The molecule has 0 saturated carbocycles. The Kier molecular flexibility index (Phi) is 3.39. The van der Waals surface area contributed by atoms with E-state index in [9.17, 15) is 23.1 Å². The summed E-state index contributed by atoms with van der Waals surface area (Å²) in [4.78, 5) is 10.7. The Morgan fingerprint density at radius 1 is 1.30 bits per heavy atom. The molecule has 0 unspecified atom stereocenters. The number of nitrogens with zero attached hydrogens (tertiary/aromatic N) is 2. The van der Waals surface area contributed by atoms with Crippen molar-refractivity contribution in [3.05, 3.63) is 41.7 Å². The number of carboxylic acid groups (broad SMARTS) is 1. The second-order valence-electron chi connectivity index (χ2n) is 3.80. The molecule has 0 aliphatic heterocycles. The molecule has 1 aromatic carbocycles. The lowest BCUT2D eigenvalue weighted by Gasteiger charge is -2.13. The van der Waals surface area contributed by atoms with Gasteiger partial charge in [-0.3, -0.25) is 0 Å². The van der Waals surface area contributed by atoms with Crippen molar-refractivity contribution >= 4 is 5.97 Å². The number of carbonyl (C=O) groups excluding carboxylic acids is 1. The number of hydrogen-bond donors (Lipinski definition) is 0. The number of benzene rings is 1. The first-order chi connectivity index (χ1) is 9.34. The molecule has 0 spiro atoms. The number of carbonyl (C=O) groups is 1. The molecular formula is C12H8F3N2O3-. The van der Waals surface area contributed by atoms with Crippen LogP contribution >= 0.6 is 0 Å². The standard InChI is InChI=1S/C12H9F3N2O3/c1-20-8-4-2-7(3-5-8)17-10(12(13,14)15)9(6-16-17)11(18)19/h2-6H,1H3,(H,18,19)/p-1. The number of aromatic nitrogens is 2. The monoisotopic (exact) mass is 285 g/mol. The van der Waals surface area contributed by atoms with Crippen molar-refractivity contribution in [1.29, 1.82) is 0 Å². The van der Waals surface area contributed by atoms with E-state index in [0.29, 0.717) is 16.6 Å². The Bertz CT molecular complexity index is 632. The van der Waals surface area contributed by atoms with E-state index in [1.807, 2.05) is 0 Å². The highest BCUT2D eigenvalue weighted by atomic mass is 19.4. The predicted molar refractivity (Wildman–Crippen MR) is 59.4 cm³/mol. The van der Waals surface area contributed by atoms with Gasteiger partial charge in [0.2, 0.25) is 0 Å². The first-order valence-electron chi connectivity index (χ1n) is 5.35. The van der Waals surface area contributed by atoms with Gasteiger partial charge in [-0.15, -0.1) is 0 Å². The summed E-state index contributed by atoms with van der Waals surface area (Å²) in [5.74, 6) is -1.48. The highest BCUT2D eigenvalue weighted by Crippen LogP contribution is 2.33. The number of alkyl halides is 3. The molecule has 0 amide bonds. The van der Waals surface area contributed by atoms with E-state index in [1.54, 1.807) is 0 Å². The Labute approximate surface area is 111 Å². The van der Waals surface area contributed by atoms with E-state index < -0.39 is 23.4 Å². The summed E-state index contributed by atoms with van der Waals surface area (Å²) in [5, 5.41) is 14.2. The first kappa shape index (κ1) is 13.9.